The predicted molar refractivity (Wildman–Crippen MR) is 108 cm³/mol. The third-order valence-corrected chi connectivity index (χ3v) is 6.12. The van der Waals surface area contributed by atoms with E-state index in [2.05, 4.69) is 0 Å². The smallest absolute Gasteiger partial charge is 0.337 e. The highest BCUT2D eigenvalue weighted by atomic mass is 35.5. The predicted octanol–water partition coefficient (Wildman–Crippen LogP) is 4.97. The van der Waals surface area contributed by atoms with E-state index in [1.165, 1.54) is 30.0 Å². The topological polar surface area (TPSA) is 66.8 Å². The molecule has 1 fully saturated rings. The van der Waals surface area contributed by atoms with E-state index in [4.69, 9.17) is 16.3 Å². The summed E-state index contributed by atoms with van der Waals surface area (Å²) < 4.78 is 33.7. The third-order valence-electron chi connectivity index (χ3n) is 5.79. The average Bonchev–Trinajstić information content (AvgIpc) is 3.17. The normalized spacial score (nSPS) is 20.2. The molecule has 1 heterocycles. The van der Waals surface area contributed by atoms with Crippen LogP contribution in [0.2, 0.25) is 5.02 Å². The van der Waals surface area contributed by atoms with Gasteiger partial charge in [0.1, 0.15) is 18.6 Å². The fraction of sp³-hybridized carbons (Fsp3) is 0.455. The van der Waals surface area contributed by atoms with Crippen molar-refractivity contribution >= 4 is 23.5 Å². The van der Waals surface area contributed by atoms with Crippen molar-refractivity contribution in [1.82, 2.24) is 4.90 Å². The van der Waals surface area contributed by atoms with Crippen LogP contribution in [0.1, 0.15) is 51.0 Å². The second-order valence-electron chi connectivity index (χ2n) is 7.52. The standard InChI is InChI=1S/C22H24ClF2NO4/c1-12-17(21(27)28)20(19-15(23)8-5-9-16(19)25)18(13(2)26(12)11-10-24)22(29)30-14-6-3-4-7-14/h5,8-9,14,20H,3-4,6-7,10-11H2,1-2H3,(H,27,28). The number of allylic oxidation sites excluding steroid dienone is 2. The number of hydrogen-bond donors (Lipinski definition) is 1. The summed E-state index contributed by atoms with van der Waals surface area (Å²) in [5.74, 6) is -4.05. The summed E-state index contributed by atoms with van der Waals surface area (Å²) in [5, 5.41) is 9.96. The van der Waals surface area contributed by atoms with Gasteiger partial charge in [-0.1, -0.05) is 17.7 Å². The maximum atomic E-state index is 14.9. The Kier molecular flexibility index (Phi) is 6.81. The molecule has 1 N–H and O–H groups in total. The van der Waals surface area contributed by atoms with Crippen molar-refractivity contribution in [2.45, 2.75) is 51.6 Å². The van der Waals surface area contributed by atoms with Gasteiger partial charge in [-0.2, -0.15) is 0 Å². The Morgan fingerprint density at radius 2 is 1.83 bits per heavy atom. The maximum absolute atomic E-state index is 14.9. The molecular weight excluding hydrogens is 416 g/mol. The first-order valence-corrected chi connectivity index (χ1v) is 10.3. The van der Waals surface area contributed by atoms with Crippen LogP contribution in [-0.4, -0.2) is 41.3 Å². The van der Waals surface area contributed by atoms with Gasteiger partial charge in [-0.15, -0.1) is 0 Å². The molecule has 5 nitrogen and oxygen atoms in total. The Labute approximate surface area is 179 Å². The minimum Gasteiger partial charge on any atom is -0.478 e. The molecule has 0 radical (unpaired) electrons. The quantitative estimate of drug-likeness (QED) is 0.634. The highest BCUT2D eigenvalue weighted by Crippen LogP contribution is 2.45. The van der Waals surface area contributed by atoms with E-state index in [1.54, 1.807) is 6.92 Å². The van der Waals surface area contributed by atoms with Gasteiger partial charge in [-0.3, -0.25) is 0 Å². The Morgan fingerprint density at radius 1 is 1.20 bits per heavy atom. The Balaban J connectivity index is 2.21. The highest BCUT2D eigenvalue weighted by Gasteiger charge is 2.42. The average molecular weight is 440 g/mol. The molecule has 1 aliphatic carbocycles. The van der Waals surface area contributed by atoms with Gasteiger partial charge in [0.25, 0.3) is 0 Å². The number of carbonyl (C=O) groups is 2. The van der Waals surface area contributed by atoms with Gasteiger partial charge in [-0.05, 0) is 51.7 Å². The van der Waals surface area contributed by atoms with Crippen LogP contribution < -0.4 is 0 Å². The molecule has 0 saturated heterocycles. The van der Waals surface area contributed by atoms with Crippen molar-refractivity contribution in [3.63, 3.8) is 0 Å². The molecule has 0 aromatic heterocycles. The van der Waals surface area contributed by atoms with Crippen molar-refractivity contribution < 1.29 is 28.2 Å². The van der Waals surface area contributed by atoms with Gasteiger partial charge in [0.05, 0.1) is 23.6 Å². The zero-order valence-corrected chi connectivity index (χ0v) is 17.6. The minimum absolute atomic E-state index is 0.00413. The van der Waals surface area contributed by atoms with Gasteiger partial charge < -0.3 is 14.7 Å². The van der Waals surface area contributed by atoms with Crippen molar-refractivity contribution in [3.05, 3.63) is 57.1 Å². The third kappa shape index (κ3) is 4.08. The van der Waals surface area contributed by atoms with Crippen LogP contribution in [0.3, 0.4) is 0 Å². The summed E-state index contributed by atoms with van der Waals surface area (Å²) in [7, 11) is 0. The Hall–Kier alpha value is -2.41. The van der Waals surface area contributed by atoms with Crippen LogP contribution in [-0.2, 0) is 14.3 Å². The first-order valence-electron chi connectivity index (χ1n) is 9.91. The molecular formula is C22H24ClF2NO4. The van der Waals surface area contributed by atoms with Gasteiger partial charge in [-0.25, -0.2) is 18.4 Å². The van der Waals surface area contributed by atoms with Crippen LogP contribution in [0.25, 0.3) is 0 Å². The number of ether oxygens (including phenoxy) is 1. The molecule has 2 aliphatic rings. The second-order valence-corrected chi connectivity index (χ2v) is 7.93. The molecule has 0 amide bonds. The SMILES string of the molecule is CC1=C(C(=O)O)C(c2c(F)cccc2Cl)C(C(=O)OC2CCCC2)=C(C)N1CCF. The van der Waals surface area contributed by atoms with Crippen LogP contribution in [0.4, 0.5) is 8.78 Å². The van der Waals surface area contributed by atoms with E-state index in [0.29, 0.717) is 5.70 Å². The fourth-order valence-corrected chi connectivity index (χ4v) is 4.64. The number of carboxylic acid groups (broad SMARTS) is 1. The molecule has 1 aliphatic heterocycles. The van der Waals surface area contributed by atoms with Crippen molar-refractivity contribution in [2.75, 3.05) is 13.2 Å². The lowest BCUT2D eigenvalue weighted by Crippen LogP contribution is -2.36. The summed E-state index contributed by atoms with van der Waals surface area (Å²) in [5.41, 5.74) is 0.222. The number of hydrogen-bond acceptors (Lipinski definition) is 4. The lowest BCUT2D eigenvalue weighted by atomic mass is 9.79. The minimum atomic E-state index is -1.33. The molecule has 1 aromatic carbocycles. The van der Waals surface area contributed by atoms with Gasteiger partial charge in [0.15, 0.2) is 0 Å². The van der Waals surface area contributed by atoms with E-state index in [9.17, 15) is 23.5 Å². The number of carbonyl (C=O) groups excluding carboxylic acids is 1. The summed E-state index contributed by atoms with van der Waals surface area (Å²) in [4.78, 5) is 26.9. The molecule has 1 atom stereocenters. The number of esters is 1. The van der Waals surface area contributed by atoms with Gasteiger partial charge in [0, 0.05) is 22.0 Å². The van der Waals surface area contributed by atoms with Gasteiger partial charge in [0.2, 0.25) is 0 Å². The fourth-order valence-electron chi connectivity index (χ4n) is 4.36. The molecule has 30 heavy (non-hydrogen) atoms. The van der Waals surface area contributed by atoms with E-state index >= 15 is 0 Å². The summed E-state index contributed by atoms with van der Waals surface area (Å²) in [6.07, 6.45) is 3.04. The first-order chi connectivity index (χ1) is 14.3. The lowest BCUT2D eigenvalue weighted by molar-refractivity contribution is -0.144. The Bertz CT molecular complexity index is 901. The maximum Gasteiger partial charge on any atom is 0.337 e. The van der Waals surface area contributed by atoms with Crippen LogP contribution in [0.5, 0.6) is 0 Å². The van der Waals surface area contributed by atoms with E-state index in [-0.39, 0.29) is 40.1 Å². The molecule has 1 aromatic rings. The number of nitrogens with zero attached hydrogens (tertiary/aromatic N) is 1. The van der Waals surface area contributed by atoms with E-state index in [0.717, 1.165) is 25.7 Å². The Morgan fingerprint density at radius 3 is 2.40 bits per heavy atom. The number of benzene rings is 1. The number of alkyl halides is 1. The largest absolute Gasteiger partial charge is 0.478 e. The van der Waals surface area contributed by atoms with Crippen molar-refractivity contribution in [1.29, 1.82) is 0 Å². The summed E-state index contributed by atoms with van der Waals surface area (Å²) >= 11 is 6.26. The first kappa shape index (κ1) is 22.3. The van der Waals surface area contributed by atoms with E-state index < -0.39 is 30.3 Å². The molecule has 1 unspecified atom stereocenters. The second kappa shape index (κ2) is 9.16. The molecule has 0 spiro atoms. The molecule has 162 valence electrons. The monoisotopic (exact) mass is 439 g/mol. The zero-order valence-electron chi connectivity index (χ0n) is 16.9. The van der Waals surface area contributed by atoms with Crippen LogP contribution >= 0.6 is 11.6 Å². The molecule has 8 heteroatoms. The summed E-state index contributed by atoms with van der Waals surface area (Å²) in [6, 6.07) is 4.01. The number of aliphatic carboxylic acids is 1. The number of halogens is 3. The number of rotatable bonds is 6. The van der Waals surface area contributed by atoms with Crippen LogP contribution in [0.15, 0.2) is 40.7 Å². The molecule has 3 rings (SSSR count). The summed E-state index contributed by atoms with van der Waals surface area (Å²) in [6.45, 7) is 2.22. The van der Waals surface area contributed by atoms with Crippen LogP contribution in [0, 0.1) is 5.82 Å². The zero-order chi connectivity index (χ0) is 22.0. The highest BCUT2D eigenvalue weighted by molar-refractivity contribution is 6.31. The number of carboxylic acids is 1. The van der Waals surface area contributed by atoms with Gasteiger partial charge >= 0.3 is 11.9 Å². The van der Waals surface area contributed by atoms with Crippen molar-refractivity contribution in [2.24, 2.45) is 0 Å². The molecule has 1 saturated carbocycles. The van der Waals surface area contributed by atoms with E-state index in [1.807, 2.05) is 0 Å². The lowest BCUT2D eigenvalue weighted by Gasteiger charge is -2.37. The van der Waals surface area contributed by atoms with Crippen molar-refractivity contribution in [3.8, 4) is 0 Å². The molecule has 0 bridgehead atoms.